The van der Waals surface area contributed by atoms with Gasteiger partial charge in [-0.05, 0) is 37.0 Å². The number of nitrogens with zero attached hydrogens (tertiary/aromatic N) is 1. The minimum Gasteiger partial charge on any atom is -0.310 e. The van der Waals surface area contributed by atoms with Crippen LogP contribution >= 0.6 is 12.4 Å². The van der Waals surface area contributed by atoms with E-state index in [-0.39, 0.29) is 12.4 Å². The third-order valence-corrected chi connectivity index (χ3v) is 3.94. The van der Waals surface area contributed by atoms with Crippen LogP contribution in [0.3, 0.4) is 0 Å². The van der Waals surface area contributed by atoms with Gasteiger partial charge in [-0.25, -0.2) is 8.78 Å². The normalized spacial score (nSPS) is 26.8. The number of fused-ring (bicyclic) bond motifs is 2. The van der Waals surface area contributed by atoms with Gasteiger partial charge in [-0.2, -0.15) is 0 Å². The van der Waals surface area contributed by atoms with Crippen LogP contribution in [0.25, 0.3) is 0 Å². The molecule has 3 rings (SSSR count). The predicted octanol–water partition coefficient (Wildman–Crippen LogP) is 2.71. The lowest BCUT2D eigenvalue weighted by molar-refractivity contribution is 0.250. The second-order valence-electron chi connectivity index (χ2n) is 5.44. The Bertz CT molecular complexity index is 421. The van der Waals surface area contributed by atoms with Gasteiger partial charge in [-0.1, -0.05) is 0 Å². The van der Waals surface area contributed by atoms with Crippen LogP contribution in [0.2, 0.25) is 0 Å². The van der Waals surface area contributed by atoms with E-state index < -0.39 is 11.6 Å². The molecule has 1 N–H and O–H groups in total. The molecule has 0 radical (unpaired) electrons. The van der Waals surface area contributed by atoms with Crippen molar-refractivity contribution in [1.82, 2.24) is 10.2 Å². The Kier molecular flexibility index (Phi) is 4.76. The molecule has 2 bridgehead atoms. The minimum absolute atomic E-state index is 0. The number of halogens is 3. The second kappa shape index (κ2) is 6.16. The van der Waals surface area contributed by atoms with Gasteiger partial charge in [-0.3, -0.25) is 4.90 Å². The second-order valence-corrected chi connectivity index (χ2v) is 5.44. The van der Waals surface area contributed by atoms with Gasteiger partial charge >= 0.3 is 0 Å². The van der Waals surface area contributed by atoms with Crippen LogP contribution in [-0.2, 0) is 6.54 Å². The zero-order chi connectivity index (χ0) is 12.5. The molecule has 106 valence electrons. The van der Waals surface area contributed by atoms with Crippen LogP contribution in [0.1, 0.15) is 24.8 Å². The first-order chi connectivity index (χ1) is 8.69. The Hall–Kier alpha value is -0.710. The molecule has 0 saturated carbocycles. The SMILES string of the molecule is Cl.Fc1cc(F)cc(CN2CCC3CCC(C2)N3)c1. The average Bonchev–Trinajstić information content (AvgIpc) is 2.61. The highest BCUT2D eigenvalue weighted by molar-refractivity contribution is 5.85. The molecule has 2 nitrogen and oxygen atoms in total. The van der Waals surface area contributed by atoms with E-state index in [1.807, 2.05) is 0 Å². The average molecular weight is 289 g/mol. The van der Waals surface area contributed by atoms with E-state index in [0.717, 1.165) is 31.1 Å². The molecule has 0 amide bonds. The Morgan fingerprint density at radius 3 is 2.47 bits per heavy atom. The zero-order valence-corrected chi connectivity index (χ0v) is 11.6. The van der Waals surface area contributed by atoms with Crippen LogP contribution in [0.5, 0.6) is 0 Å². The maximum atomic E-state index is 13.1. The third-order valence-electron chi connectivity index (χ3n) is 3.94. The maximum absolute atomic E-state index is 13.1. The van der Waals surface area contributed by atoms with Crippen molar-refractivity contribution in [2.75, 3.05) is 13.1 Å². The fourth-order valence-electron chi connectivity index (χ4n) is 3.12. The van der Waals surface area contributed by atoms with Gasteiger partial charge < -0.3 is 5.32 Å². The van der Waals surface area contributed by atoms with E-state index in [1.165, 1.54) is 25.0 Å². The first kappa shape index (κ1) is 14.7. The molecule has 2 saturated heterocycles. The molecule has 2 aliphatic rings. The van der Waals surface area contributed by atoms with Crippen LogP contribution in [0, 0.1) is 11.6 Å². The summed E-state index contributed by atoms with van der Waals surface area (Å²) < 4.78 is 26.3. The Balaban J connectivity index is 0.00000133. The minimum atomic E-state index is -0.487. The molecule has 2 fully saturated rings. The first-order valence-electron chi connectivity index (χ1n) is 6.62. The fourth-order valence-corrected chi connectivity index (χ4v) is 3.12. The summed E-state index contributed by atoms with van der Waals surface area (Å²) in [5.41, 5.74) is 0.727. The van der Waals surface area contributed by atoms with Gasteiger partial charge in [-0.15, -0.1) is 12.4 Å². The molecule has 0 aliphatic carbocycles. The van der Waals surface area contributed by atoms with Gasteiger partial charge in [0, 0.05) is 37.8 Å². The molecule has 1 aromatic carbocycles. The van der Waals surface area contributed by atoms with Gasteiger partial charge in [0.05, 0.1) is 0 Å². The molecule has 2 aliphatic heterocycles. The van der Waals surface area contributed by atoms with Crippen molar-refractivity contribution in [3.8, 4) is 0 Å². The number of hydrogen-bond donors (Lipinski definition) is 1. The monoisotopic (exact) mass is 288 g/mol. The van der Waals surface area contributed by atoms with Crippen molar-refractivity contribution in [2.45, 2.75) is 37.9 Å². The zero-order valence-electron chi connectivity index (χ0n) is 10.7. The van der Waals surface area contributed by atoms with E-state index in [2.05, 4.69) is 10.2 Å². The summed E-state index contributed by atoms with van der Waals surface area (Å²) in [6, 6.07) is 4.98. The molecule has 2 unspecified atom stereocenters. The first-order valence-corrected chi connectivity index (χ1v) is 6.62. The number of nitrogens with one attached hydrogen (secondary N) is 1. The quantitative estimate of drug-likeness (QED) is 0.900. The molecule has 1 aromatic rings. The molecule has 2 atom stereocenters. The molecular formula is C14H19ClF2N2. The van der Waals surface area contributed by atoms with Crippen molar-refractivity contribution in [2.24, 2.45) is 0 Å². The third kappa shape index (κ3) is 3.65. The topological polar surface area (TPSA) is 15.3 Å². The van der Waals surface area contributed by atoms with Gasteiger partial charge in [0.25, 0.3) is 0 Å². The van der Waals surface area contributed by atoms with E-state index >= 15 is 0 Å². The lowest BCUT2D eigenvalue weighted by atomic mass is 10.1. The Labute approximate surface area is 118 Å². The largest absolute Gasteiger partial charge is 0.310 e. The van der Waals surface area contributed by atoms with E-state index in [4.69, 9.17) is 0 Å². The molecule has 0 spiro atoms. The summed E-state index contributed by atoms with van der Waals surface area (Å²) in [5, 5.41) is 3.60. The predicted molar refractivity (Wildman–Crippen MR) is 73.4 cm³/mol. The van der Waals surface area contributed by atoms with Gasteiger partial charge in [0.1, 0.15) is 11.6 Å². The van der Waals surface area contributed by atoms with Crippen molar-refractivity contribution < 1.29 is 8.78 Å². The maximum Gasteiger partial charge on any atom is 0.126 e. The molecule has 5 heteroatoms. The number of rotatable bonds is 2. The Morgan fingerprint density at radius 2 is 1.74 bits per heavy atom. The highest BCUT2D eigenvalue weighted by atomic mass is 35.5. The highest BCUT2D eigenvalue weighted by Crippen LogP contribution is 2.21. The lowest BCUT2D eigenvalue weighted by Gasteiger charge is -2.24. The smallest absolute Gasteiger partial charge is 0.126 e. The van der Waals surface area contributed by atoms with Crippen molar-refractivity contribution >= 4 is 12.4 Å². The fraction of sp³-hybridized carbons (Fsp3) is 0.571. The van der Waals surface area contributed by atoms with Crippen molar-refractivity contribution in [3.05, 3.63) is 35.4 Å². The molecule has 19 heavy (non-hydrogen) atoms. The van der Waals surface area contributed by atoms with E-state index in [1.54, 1.807) is 0 Å². The summed E-state index contributed by atoms with van der Waals surface area (Å²) in [4.78, 5) is 2.30. The summed E-state index contributed by atoms with van der Waals surface area (Å²) >= 11 is 0. The number of likely N-dealkylation sites (tertiary alicyclic amines) is 1. The standard InChI is InChI=1S/C14H18F2N2.ClH/c15-11-5-10(6-12(16)7-11)8-18-4-3-13-1-2-14(9-18)17-13;/h5-7,13-14,17H,1-4,8-9H2;1H. The molecular weight excluding hydrogens is 270 g/mol. The number of hydrogen-bond acceptors (Lipinski definition) is 2. The number of benzene rings is 1. The van der Waals surface area contributed by atoms with Gasteiger partial charge in [0.2, 0.25) is 0 Å². The molecule has 0 aromatic heterocycles. The van der Waals surface area contributed by atoms with Crippen molar-refractivity contribution in [1.29, 1.82) is 0 Å². The summed E-state index contributed by atoms with van der Waals surface area (Å²) in [7, 11) is 0. The van der Waals surface area contributed by atoms with Crippen LogP contribution in [0.15, 0.2) is 18.2 Å². The van der Waals surface area contributed by atoms with E-state index in [0.29, 0.717) is 18.6 Å². The Morgan fingerprint density at radius 1 is 1.05 bits per heavy atom. The lowest BCUT2D eigenvalue weighted by Crippen LogP contribution is -2.34. The summed E-state index contributed by atoms with van der Waals surface area (Å²) in [6.45, 7) is 2.63. The van der Waals surface area contributed by atoms with Crippen molar-refractivity contribution in [3.63, 3.8) is 0 Å². The van der Waals surface area contributed by atoms with Gasteiger partial charge in [0.15, 0.2) is 0 Å². The van der Waals surface area contributed by atoms with Crippen LogP contribution in [0.4, 0.5) is 8.78 Å². The highest BCUT2D eigenvalue weighted by Gasteiger charge is 2.29. The summed E-state index contributed by atoms with van der Waals surface area (Å²) in [6.07, 6.45) is 3.63. The van der Waals surface area contributed by atoms with Crippen LogP contribution in [-0.4, -0.2) is 30.1 Å². The van der Waals surface area contributed by atoms with E-state index in [9.17, 15) is 8.78 Å². The summed E-state index contributed by atoms with van der Waals surface area (Å²) in [5.74, 6) is -0.973. The molecule has 2 heterocycles. The van der Waals surface area contributed by atoms with Crippen LogP contribution < -0.4 is 5.32 Å².